The fourth-order valence-electron chi connectivity index (χ4n) is 2.74. The van der Waals surface area contributed by atoms with Gasteiger partial charge in [-0.1, -0.05) is 11.6 Å². The monoisotopic (exact) mass is 374 g/mol. The van der Waals surface area contributed by atoms with Gasteiger partial charge in [0.2, 0.25) is 0 Å². The summed E-state index contributed by atoms with van der Waals surface area (Å²) >= 11 is 5.98. The van der Waals surface area contributed by atoms with Crippen molar-refractivity contribution in [2.45, 2.75) is 12.7 Å². The molecule has 2 aromatic heterocycles. The van der Waals surface area contributed by atoms with E-state index in [0.717, 1.165) is 24.0 Å². The maximum atomic E-state index is 13.2. The van der Waals surface area contributed by atoms with Gasteiger partial charge < -0.3 is 4.90 Å². The van der Waals surface area contributed by atoms with E-state index < -0.39 is 11.7 Å². The SMILES string of the molecule is Fc1cncc(CN2CCN(c3ncc(C(F)(F)F)cc3Cl)CC2)c1. The second-order valence-corrected chi connectivity index (χ2v) is 6.21. The van der Waals surface area contributed by atoms with E-state index in [1.165, 1.54) is 6.07 Å². The highest BCUT2D eigenvalue weighted by Gasteiger charge is 2.32. The zero-order valence-corrected chi connectivity index (χ0v) is 13.9. The van der Waals surface area contributed by atoms with Crippen LogP contribution >= 0.6 is 11.6 Å². The van der Waals surface area contributed by atoms with Crippen LogP contribution in [0.3, 0.4) is 0 Å². The van der Waals surface area contributed by atoms with Crippen molar-refractivity contribution in [2.75, 3.05) is 31.1 Å². The summed E-state index contributed by atoms with van der Waals surface area (Å²) in [5, 5.41) is -0.0161. The summed E-state index contributed by atoms with van der Waals surface area (Å²) in [5.74, 6) is -0.0291. The van der Waals surface area contributed by atoms with Crippen LogP contribution in [0.4, 0.5) is 23.4 Å². The van der Waals surface area contributed by atoms with E-state index >= 15 is 0 Å². The van der Waals surface area contributed by atoms with Gasteiger partial charge in [0.25, 0.3) is 0 Å². The third-order valence-electron chi connectivity index (χ3n) is 3.99. The second kappa shape index (κ2) is 7.13. The molecule has 0 spiro atoms. The van der Waals surface area contributed by atoms with Gasteiger partial charge in [-0.3, -0.25) is 9.88 Å². The van der Waals surface area contributed by atoms with Crippen molar-refractivity contribution in [1.29, 1.82) is 0 Å². The molecule has 1 saturated heterocycles. The molecule has 3 heterocycles. The Hall–Kier alpha value is -1.93. The summed E-state index contributed by atoms with van der Waals surface area (Å²) in [6.07, 6.45) is -0.900. The van der Waals surface area contributed by atoms with Gasteiger partial charge in [0.15, 0.2) is 0 Å². The van der Waals surface area contributed by atoms with Crippen molar-refractivity contribution in [3.63, 3.8) is 0 Å². The molecule has 1 fully saturated rings. The van der Waals surface area contributed by atoms with Crippen LogP contribution in [-0.4, -0.2) is 41.0 Å². The highest BCUT2D eigenvalue weighted by Crippen LogP contribution is 2.33. The van der Waals surface area contributed by atoms with Gasteiger partial charge in [0.1, 0.15) is 11.6 Å². The Morgan fingerprint density at radius 2 is 1.76 bits per heavy atom. The predicted octanol–water partition coefficient (Wildman–Crippen LogP) is 3.61. The number of piperazine rings is 1. The van der Waals surface area contributed by atoms with Crippen LogP contribution < -0.4 is 4.90 Å². The number of hydrogen-bond donors (Lipinski definition) is 0. The van der Waals surface area contributed by atoms with Crippen molar-refractivity contribution in [2.24, 2.45) is 0 Å². The highest BCUT2D eigenvalue weighted by atomic mass is 35.5. The van der Waals surface area contributed by atoms with E-state index in [1.807, 2.05) is 4.90 Å². The maximum Gasteiger partial charge on any atom is 0.417 e. The maximum absolute atomic E-state index is 13.2. The van der Waals surface area contributed by atoms with Crippen LogP contribution in [0.15, 0.2) is 30.7 Å². The second-order valence-electron chi connectivity index (χ2n) is 5.80. The predicted molar refractivity (Wildman–Crippen MR) is 85.9 cm³/mol. The fourth-order valence-corrected chi connectivity index (χ4v) is 3.02. The smallest absolute Gasteiger partial charge is 0.353 e. The Labute approximate surface area is 147 Å². The molecule has 1 aliphatic rings. The minimum atomic E-state index is -4.47. The number of aromatic nitrogens is 2. The lowest BCUT2D eigenvalue weighted by molar-refractivity contribution is -0.137. The zero-order valence-electron chi connectivity index (χ0n) is 13.1. The van der Waals surface area contributed by atoms with Gasteiger partial charge in [-0.15, -0.1) is 0 Å². The van der Waals surface area contributed by atoms with Crippen LogP contribution in [-0.2, 0) is 12.7 Å². The molecule has 0 bridgehead atoms. The lowest BCUT2D eigenvalue weighted by atomic mass is 10.2. The summed E-state index contributed by atoms with van der Waals surface area (Å²) in [4.78, 5) is 11.7. The summed E-state index contributed by atoms with van der Waals surface area (Å²) in [5.41, 5.74) is -0.0855. The molecule has 0 radical (unpaired) electrons. The molecule has 0 amide bonds. The molecule has 0 aliphatic carbocycles. The summed E-state index contributed by atoms with van der Waals surface area (Å²) < 4.78 is 51.2. The average molecular weight is 375 g/mol. The minimum Gasteiger partial charge on any atom is -0.353 e. The van der Waals surface area contributed by atoms with Gasteiger partial charge in [-0.05, 0) is 17.7 Å². The summed E-state index contributed by atoms with van der Waals surface area (Å²) in [6.45, 7) is 3.03. The lowest BCUT2D eigenvalue weighted by Crippen LogP contribution is -2.46. The molecule has 25 heavy (non-hydrogen) atoms. The number of rotatable bonds is 3. The van der Waals surface area contributed by atoms with E-state index in [1.54, 1.807) is 6.20 Å². The normalized spacial score (nSPS) is 16.3. The van der Waals surface area contributed by atoms with E-state index in [-0.39, 0.29) is 10.8 Å². The van der Waals surface area contributed by atoms with E-state index in [9.17, 15) is 17.6 Å². The van der Waals surface area contributed by atoms with Gasteiger partial charge in [0.05, 0.1) is 16.8 Å². The molecular weight excluding hydrogens is 360 g/mol. The molecule has 0 unspecified atom stereocenters. The topological polar surface area (TPSA) is 32.3 Å². The number of hydrogen-bond acceptors (Lipinski definition) is 4. The van der Waals surface area contributed by atoms with Gasteiger partial charge >= 0.3 is 6.18 Å². The Morgan fingerprint density at radius 3 is 2.36 bits per heavy atom. The first kappa shape index (κ1) is 17.9. The first-order valence-corrected chi connectivity index (χ1v) is 8.00. The molecule has 134 valence electrons. The molecule has 9 heteroatoms. The van der Waals surface area contributed by atoms with Crippen LogP contribution in [0.2, 0.25) is 5.02 Å². The Morgan fingerprint density at radius 1 is 1.04 bits per heavy atom. The standard InChI is InChI=1S/C16H15ClF4N4/c17-14-6-12(16(19,20)21)8-23-15(14)25-3-1-24(2-4-25)10-11-5-13(18)9-22-7-11/h5-9H,1-4,10H2. The zero-order chi connectivity index (χ0) is 18.0. The molecular formula is C16H15ClF4N4. The largest absolute Gasteiger partial charge is 0.417 e. The van der Waals surface area contributed by atoms with Crippen molar-refractivity contribution in [3.05, 3.63) is 52.7 Å². The molecule has 2 aromatic rings. The Kier molecular flexibility index (Phi) is 5.10. The summed E-state index contributed by atoms with van der Waals surface area (Å²) in [6, 6.07) is 2.34. The van der Waals surface area contributed by atoms with Crippen LogP contribution in [0.5, 0.6) is 0 Å². The first-order valence-electron chi connectivity index (χ1n) is 7.62. The molecule has 4 nitrogen and oxygen atoms in total. The third kappa shape index (κ3) is 4.38. The molecule has 0 N–H and O–H groups in total. The summed E-state index contributed by atoms with van der Waals surface area (Å²) in [7, 11) is 0. The van der Waals surface area contributed by atoms with E-state index in [2.05, 4.69) is 14.9 Å². The molecule has 1 aliphatic heterocycles. The average Bonchev–Trinajstić information content (AvgIpc) is 2.55. The first-order chi connectivity index (χ1) is 11.8. The quantitative estimate of drug-likeness (QED) is 0.768. The Balaban J connectivity index is 1.62. The molecule has 0 atom stereocenters. The van der Waals surface area contributed by atoms with Crippen molar-refractivity contribution >= 4 is 17.4 Å². The van der Waals surface area contributed by atoms with Gasteiger partial charge in [0, 0.05) is 45.1 Å². The number of halogens is 5. The van der Waals surface area contributed by atoms with Gasteiger partial charge in [-0.2, -0.15) is 13.2 Å². The number of anilines is 1. The van der Waals surface area contributed by atoms with Crippen LogP contribution in [0, 0.1) is 5.82 Å². The number of nitrogens with zero attached hydrogens (tertiary/aromatic N) is 4. The van der Waals surface area contributed by atoms with Crippen molar-refractivity contribution in [3.8, 4) is 0 Å². The van der Waals surface area contributed by atoms with E-state index in [0.29, 0.717) is 38.5 Å². The fraction of sp³-hybridized carbons (Fsp3) is 0.375. The minimum absolute atomic E-state index is 0.0161. The third-order valence-corrected chi connectivity index (χ3v) is 4.27. The molecule has 3 rings (SSSR count). The van der Waals surface area contributed by atoms with Crippen LogP contribution in [0.25, 0.3) is 0 Å². The molecule has 0 saturated carbocycles. The van der Waals surface area contributed by atoms with Crippen molar-refractivity contribution in [1.82, 2.24) is 14.9 Å². The molecule has 0 aromatic carbocycles. The van der Waals surface area contributed by atoms with Gasteiger partial charge in [-0.25, -0.2) is 9.37 Å². The van der Waals surface area contributed by atoms with E-state index in [4.69, 9.17) is 11.6 Å². The highest BCUT2D eigenvalue weighted by molar-refractivity contribution is 6.33. The lowest BCUT2D eigenvalue weighted by Gasteiger charge is -2.35. The number of alkyl halides is 3. The number of pyridine rings is 2. The Bertz CT molecular complexity index is 745. The van der Waals surface area contributed by atoms with Crippen LogP contribution in [0.1, 0.15) is 11.1 Å². The van der Waals surface area contributed by atoms with Crippen molar-refractivity contribution < 1.29 is 17.6 Å².